The zero-order valence-corrected chi connectivity index (χ0v) is 7.58. The van der Waals surface area contributed by atoms with E-state index in [9.17, 15) is 17.7 Å². The summed E-state index contributed by atoms with van der Waals surface area (Å²) < 4.78 is 46.7. The van der Waals surface area contributed by atoms with Crippen molar-refractivity contribution in [2.45, 2.75) is 17.3 Å². The van der Waals surface area contributed by atoms with Crippen LogP contribution in [0.3, 0.4) is 0 Å². The molecule has 0 aliphatic rings. The molecular weight excluding hydrogens is 201 g/mol. The molecule has 1 nitrogen and oxygen atoms in total. The molecule has 0 spiro atoms. The molecule has 0 radical (unpaired) electrons. The van der Waals surface area contributed by atoms with Crippen LogP contribution < -0.4 is 0 Å². The van der Waals surface area contributed by atoms with Crippen molar-refractivity contribution in [3.8, 4) is 0 Å². The molecule has 5 heteroatoms. The number of hydrogen-bond acceptors (Lipinski definition) is 1. The van der Waals surface area contributed by atoms with Crippen LogP contribution in [0.25, 0.3) is 0 Å². The fourth-order valence-corrected chi connectivity index (χ4v) is 1.63. The summed E-state index contributed by atoms with van der Waals surface area (Å²) in [5.74, 6) is 0. The molecule has 0 saturated heterocycles. The van der Waals surface area contributed by atoms with Crippen LogP contribution in [0.4, 0.5) is 13.2 Å². The second kappa shape index (κ2) is 3.59. The molecule has 0 aliphatic heterocycles. The summed E-state index contributed by atoms with van der Waals surface area (Å²) in [6, 6.07) is 5.57. The van der Waals surface area contributed by atoms with E-state index in [2.05, 4.69) is 0 Å². The van der Waals surface area contributed by atoms with E-state index in [4.69, 9.17) is 0 Å². The molecule has 1 aromatic carbocycles. The Bertz CT molecular complexity index is 298. The maximum atomic E-state index is 12.0. The van der Waals surface area contributed by atoms with Gasteiger partial charge in [-0.3, -0.25) is 0 Å². The highest BCUT2D eigenvalue weighted by atomic mass is 32.2. The third-order valence-corrected chi connectivity index (χ3v) is 2.52. The smallest absolute Gasteiger partial charge is 0.578 e. The quantitative estimate of drug-likeness (QED) is 0.650. The number of hydrogen-bond donors (Lipinski definition) is 0. The molecule has 1 rings (SSSR count). The van der Waals surface area contributed by atoms with Crippen LogP contribution in [0.1, 0.15) is 5.56 Å². The first kappa shape index (κ1) is 10.4. The molecule has 0 fully saturated rings. The fourth-order valence-electron chi connectivity index (χ4n) is 0.864. The maximum absolute atomic E-state index is 12.0. The van der Waals surface area contributed by atoms with E-state index in [0.29, 0.717) is 5.56 Å². The SMILES string of the molecule is Cc1cccc([S+]([O-])C(F)(F)F)c1. The molecule has 1 atom stereocenters. The van der Waals surface area contributed by atoms with Gasteiger partial charge in [-0.1, -0.05) is 12.1 Å². The number of rotatable bonds is 1. The first-order valence-electron chi connectivity index (χ1n) is 3.46. The first-order valence-corrected chi connectivity index (χ1v) is 4.61. The van der Waals surface area contributed by atoms with Gasteiger partial charge in [0.2, 0.25) is 0 Å². The minimum absolute atomic E-state index is 0.201. The number of alkyl halides is 3. The van der Waals surface area contributed by atoms with Gasteiger partial charge >= 0.3 is 5.51 Å². The summed E-state index contributed by atoms with van der Waals surface area (Å²) in [4.78, 5) is -0.201. The average molecular weight is 208 g/mol. The van der Waals surface area contributed by atoms with E-state index in [1.54, 1.807) is 13.0 Å². The standard InChI is InChI=1S/C8H7F3OS/c1-6-3-2-4-7(5-6)13(12)8(9,10)11/h2-5H,1H3. The van der Waals surface area contributed by atoms with Crippen molar-refractivity contribution in [2.24, 2.45) is 0 Å². The Hall–Kier alpha value is -0.680. The Morgan fingerprint density at radius 1 is 1.31 bits per heavy atom. The Kier molecular flexibility index (Phi) is 2.87. The van der Waals surface area contributed by atoms with Crippen LogP contribution in [0, 0.1) is 6.92 Å². The second-order valence-corrected chi connectivity index (χ2v) is 4.00. The van der Waals surface area contributed by atoms with E-state index >= 15 is 0 Å². The van der Waals surface area contributed by atoms with Gasteiger partial charge < -0.3 is 4.55 Å². The van der Waals surface area contributed by atoms with Crippen molar-refractivity contribution in [1.29, 1.82) is 0 Å². The molecule has 0 amide bonds. The predicted molar refractivity (Wildman–Crippen MR) is 43.6 cm³/mol. The Labute approximate surface area is 76.8 Å². The van der Waals surface area contributed by atoms with Gasteiger partial charge in [-0.05, 0) is 24.6 Å². The van der Waals surface area contributed by atoms with Gasteiger partial charge in [-0.15, -0.1) is 13.2 Å². The molecule has 72 valence electrons. The lowest BCUT2D eigenvalue weighted by molar-refractivity contribution is -0.0435. The highest BCUT2D eigenvalue weighted by molar-refractivity contribution is 7.92. The van der Waals surface area contributed by atoms with Gasteiger partial charge in [-0.25, -0.2) is 0 Å². The summed E-state index contributed by atoms with van der Waals surface area (Å²) >= 11 is -2.91. The van der Waals surface area contributed by atoms with Crippen molar-refractivity contribution < 1.29 is 17.7 Å². The van der Waals surface area contributed by atoms with E-state index in [1.807, 2.05) is 0 Å². The lowest BCUT2D eigenvalue weighted by atomic mass is 10.2. The first-order chi connectivity index (χ1) is 5.91. The van der Waals surface area contributed by atoms with Crippen molar-refractivity contribution in [3.63, 3.8) is 0 Å². The predicted octanol–water partition coefficient (Wildman–Crippen LogP) is 2.62. The Morgan fingerprint density at radius 3 is 2.38 bits per heavy atom. The molecular formula is C8H7F3OS. The largest absolute Gasteiger partial charge is 0.604 e. The van der Waals surface area contributed by atoms with Crippen molar-refractivity contribution in [1.82, 2.24) is 0 Å². The molecule has 0 bridgehead atoms. The Morgan fingerprint density at radius 2 is 1.92 bits per heavy atom. The van der Waals surface area contributed by atoms with Crippen LogP contribution in [0.2, 0.25) is 0 Å². The Balaban J connectivity index is 2.96. The summed E-state index contributed by atoms with van der Waals surface area (Å²) in [7, 11) is 0. The maximum Gasteiger partial charge on any atom is 0.578 e. The molecule has 0 saturated carbocycles. The van der Waals surface area contributed by atoms with Gasteiger partial charge in [0.25, 0.3) is 0 Å². The van der Waals surface area contributed by atoms with Crippen LogP contribution in [0.15, 0.2) is 29.2 Å². The summed E-state index contributed by atoms with van der Waals surface area (Å²) in [5, 5.41) is 0. The number of aryl methyl sites for hydroxylation is 1. The zero-order valence-electron chi connectivity index (χ0n) is 6.76. The molecule has 1 unspecified atom stereocenters. The molecule has 0 aliphatic carbocycles. The number of benzene rings is 1. The second-order valence-electron chi connectivity index (χ2n) is 2.53. The lowest BCUT2D eigenvalue weighted by Gasteiger charge is -2.11. The number of halogens is 3. The minimum Gasteiger partial charge on any atom is -0.604 e. The fraction of sp³-hybridized carbons (Fsp3) is 0.250. The van der Waals surface area contributed by atoms with Crippen LogP contribution >= 0.6 is 0 Å². The van der Waals surface area contributed by atoms with Crippen molar-refractivity contribution in [2.75, 3.05) is 0 Å². The van der Waals surface area contributed by atoms with E-state index in [1.165, 1.54) is 18.2 Å². The molecule has 0 N–H and O–H groups in total. The topological polar surface area (TPSA) is 23.1 Å². The molecule has 0 aromatic heterocycles. The summed E-state index contributed by atoms with van der Waals surface area (Å²) in [6.45, 7) is 1.65. The molecule has 13 heavy (non-hydrogen) atoms. The van der Waals surface area contributed by atoms with Crippen LogP contribution in [-0.2, 0) is 11.2 Å². The van der Waals surface area contributed by atoms with Gasteiger partial charge in [0.05, 0.1) is 11.2 Å². The lowest BCUT2D eigenvalue weighted by Crippen LogP contribution is -2.23. The highest BCUT2D eigenvalue weighted by Crippen LogP contribution is 2.30. The minimum atomic E-state index is -4.67. The van der Waals surface area contributed by atoms with Crippen LogP contribution in [0.5, 0.6) is 0 Å². The van der Waals surface area contributed by atoms with Crippen molar-refractivity contribution in [3.05, 3.63) is 29.8 Å². The van der Waals surface area contributed by atoms with Gasteiger partial charge in [0, 0.05) is 0 Å². The molecule has 0 heterocycles. The van der Waals surface area contributed by atoms with Gasteiger partial charge in [-0.2, -0.15) is 0 Å². The third-order valence-electron chi connectivity index (χ3n) is 1.41. The zero-order chi connectivity index (χ0) is 10.1. The molecule has 1 aromatic rings. The summed E-state index contributed by atoms with van der Waals surface area (Å²) in [5.41, 5.74) is -4.01. The van der Waals surface area contributed by atoms with E-state index < -0.39 is 16.7 Å². The normalized spacial score (nSPS) is 14.2. The summed E-state index contributed by atoms with van der Waals surface area (Å²) in [6.07, 6.45) is 0. The van der Waals surface area contributed by atoms with E-state index in [0.717, 1.165) is 0 Å². The highest BCUT2D eigenvalue weighted by Gasteiger charge is 2.45. The van der Waals surface area contributed by atoms with E-state index in [-0.39, 0.29) is 4.90 Å². The van der Waals surface area contributed by atoms with Gasteiger partial charge in [0.15, 0.2) is 4.90 Å². The third kappa shape index (κ3) is 2.63. The van der Waals surface area contributed by atoms with Crippen LogP contribution in [-0.4, -0.2) is 10.1 Å². The monoisotopic (exact) mass is 208 g/mol. The average Bonchev–Trinajstić information content (AvgIpc) is 2.01. The van der Waals surface area contributed by atoms with Crippen molar-refractivity contribution >= 4 is 11.2 Å². The van der Waals surface area contributed by atoms with Gasteiger partial charge in [0.1, 0.15) is 0 Å².